The molecule has 0 unspecified atom stereocenters. The fourth-order valence-electron chi connectivity index (χ4n) is 8.33. The molecule has 0 aromatic heterocycles. The summed E-state index contributed by atoms with van der Waals surface area (Å²) in [6.07, 6.45) is 0.699. The van der Waals surface area contributed by atoms with E-state index in [9.17, 15) is 19.2 Å². The van der Waals surface area contributed by atoms with E-state index in [1.807, 2.05) is 97.1 Å². The molecule has 0 saturated heterocycles. The number of carbonyl (C=O) groups excluding carboxylic acids is 4. The van der Waals surface area contributed by atoms with Crippen molar-refractivity contribution < 1.29 is 76.0 Å². The first-order valence-corrected chi connectivity index (χ1v) is 28.9. The Hall–Kier alpha value is -6.60. The predicted molar refractivity (Wildman–Crippen MR) is 314 cm³/mol. The van der Waals surface area contributed by atoms with Gasteiger partial charge in [-0.1, -0.05) is 84.3 Å². The Balaban J connectivity index is 0.591. The van der Waals surface area contributed by atoms with E-state index in [1.54, 1.807) is 9.80 Å². The minimum atomic E-state index is -0.180. The number of ether oxygens (including phenoxy) is 12. The lowest BCUT2D eigenvalue weighted by atomic mass is 10.0. The molecule has 2 N–H and O–H groups in total. The van der Waals surface area contributed by atoms with E-state index in [-0.39, 0.29) is 75.6 Å². The van der Waals surface area contributed by atoms with Crippen molar-refractivity contribution >= 4 is 35.0 Å². The zero-order valence-corrected chi connectivity index (χ0v) is 48.3. The quantitative estimate of drug-likeness (QED) is 0.0447. The minimum absolute atomic E-state index is 0.0890. The average Bonchev–Trinajstić information content (AvgIpc) is 3.49. The van der Waals surface area contributed by atoms with E-state index in [0.29, 0.717) is 158 Å². The van der Waals surface area contributed by atoms with Crippen molar-refractivity contribution in [1.29, 1.82) is 0 Å². The first-order chi connectivity index (χ1) is 41.5. The predicted octanol–water partition coefficient (Wildman–Crippen LogP) is 4.87. The Bertz CT molecular complexity index is 2510. The molecule has 2 heterocycles. The van der Waals surface area contributed by atoms with Gasteiger partial charge in [0, 0.05) is 61.0 Å². The molecule has 4 aromatic rings. The Labute approximate surface area is 494 Å². The van der Waals surface area contributed by atoms with E-state index >= 15 is 0 Å². The molecule has 0 radical (unpaired) electrons. The van der Waals surface area contributed by atoms with Crippen LogP contribution in [-0.4, -0.2) is 195 Å². The van der Waals surface area contributed by atoms with Crippen molar-refractivity contribution in [2.24, 2.45) is 0 Å². The van der Waals surface area contributed by atoms with Gasteiger partial charge in [0.25, 0.3) is 0 Å². The summed E-state index contributed by atoms with van der Waals surface area (Å²) in [5, 5.41) is 5.65. The van der Waals surface area contributed by atoms with Gasteiger partial charge in [-0.25, -0.2) is 0 Å². The molecule has 4 amide bonds. The molecule has 0 fully saturated rings. The van der Waals surface area contributed by atoms with Gasteiger partial charge in [-0.2, -0.15) is 0 Å². The lowest BCUT2D eigenvalue weighted by molar-refractivity contribution is -0.124. The van der Waals surface area contributed by atoms with Crippen LogP contribution >= 0.6 is 0 Å². The van der Waals surface area contributed by atoms with Crippen LogP contribution in [0.4, 0.5) is 11.4 Å². The van der Waals surface area contributed by atoms with Gasteiger partial charge in [-0.3, -0.25) is 19.2 Å². The Kier molecular flexibility index (Phi) is 33.5. The number of para-hydroxylation sites is 2. The second kappa shape index (κ2) is 42.2. The summed E-state index contributed by atoms with van der Waals surface area (Å²) in [7, 11) is 0. The van der Waals surface area contributed by atoms with Crippen molar-refractivity contribution in [1.82, 2.24) is 10.6 Å². The van der Waals surface area contributed by atoms with Gasteiger partial charge in [0.15, 0.2) is 0 Å². The largest absolute Gasteiger partial charge is 0.379 e. The molecule has 2 aliphatic rings. The van der Waals surface area contributed by atoms with Crippen LogP contribution < -0.4 is 20.4 Å². The number of amides is 4. The SMILES string of the molecule is O=C(CCOCCOCCOCCOCCOCCOCCOCCOCCOCCOCCOCCOCCC(=O)NCCC(=O)N1Cc2ccccc2C#Cc2ccccc21)NCCC(=O)N1Cc2ccccc2C#Cc2ccccc21. The zero-order valence-electron chi connectivity index (χ0n) is 48.3. The van der Waals surface area contributed by atoms with Crippen molar-refractivity contribution in [2.45, 2.75) is 38.8 Å². The van der Waals surface area contributed by atoms with Gasteiger partial charge >= 0.3 is 0 Å². The fraction of sp³-hybridized carbons (Fsp3) is 0.500. The van der Waals surface area contributed by atoms with Crippen LogP contribution in [0.15, 0.2) is 97.1 Å². The van der Waals surface area contributed by atoms with Crippen LogP contribution in [0.1, 0.15) is 59.1 Å². The number of anilines is 2. The third-order valence-corrected chi connectivity index (χ3v) is 12.7. The van der Waals surface area contributed by atoms with Crippen LogP contribution in [0.25, 0.3) is 0 Å². The highest BCUT2D eigenvalue weighted by Crippen LogP contribution is 2.27. The summed E-state index contributed by atoms with van der Waals surface area (Å²) in [6.45, 7) is 11.3. The number of carbonyl (C=O) groups is 4. The van der Waals surface area contributed by atoms with Crippen LogP contribution in [0.5, 0.6) is 0 Å². The molecule has 454 valence electrons. The van der Waals surface area contributed by atoms with Crippen molar-refractivity contribution in [3.8, 4) is 23.7 Å². The molecule has 20 heteroatoms. The maximum Gasteiger partial charge on any atom is 0.229 e. The molecule has 6 rings (SSSR count). The van der Waals surface area contributed by atoms with E-state index in [2.05, 4.69) is 34.3 Å². The molecular formula is C64H82N4O16. The lowest BCUT2D eigenvalue weighted by Gasteiger charge is -2.26. The Morgan fingerprint density at radius 2 is 0.548 bits per heavy atom. The van der Waals surface area contributed by atoms with E-state index < -0.39 is 0 Å². The normalized spacial score (nSPS) is 12.2. The summed E-state index contributed by atoms with van der Waals surface area (Å²) in [6, 6.07) is 30.9. The molecule has 4 aromatic carbocycles. The smallest absolute Gasteiger partial charge is 0.229 e. The molecule has 0 bridgehead atoms. The van der Waals surface area contributed by atoms with Gasteiger partial charge in [-0.15, -0.1) is 0 Å². The number of nitrogens with one attached hydrogen (secondary N) is 2. The van der Waals surface area contributed by atoms with Crippen LogP contribution in [-0.2, 0) is 89.1 Å². The van der Waals surface area contributed by atoms with E-state index in [4.69, 9.17) is 56.8 Å². The zero-order chi connectivity index (χ0) is 58.8. The maximum atomic E-state index is 13.3. The van der Waals surface area contributed by atoms with Gasteiger partial charge in [0.2, 0.25) is 23.6 Å². The minimum Gasteiger partial charge on any atom is -0.379 e. The third-order valence-electron chi connectivity index (χ3n) is 12.7. The van der Waals surface area contributed by atoms with Crippen LogP contribution in [0.3, 0.4) is 0 Å². The number of hydrogen-bond donors (Lipinski definition) is 2. The molecule has 0 saturated carbocycles. The summed E-state index contributed by atoms with van der Waals surface area (Å²) in [5.74, 6) is 12.3. The van der Waals surface area contributed by atoms with E-state index in [0.717, 1.165) is 44.8 Å². The molecule has 20 nitrogen and oxygen atoms in total. The summed E-state index contributed by atoms with van der Waals surface area (Å²) < 4.78 is 66.4. The highest BCUT2D eigenvalue weighted by molar-refractivity contribution is 5.96. The number of fused-ring (bicyclic) bond motifs is 4. The maximum absolute atomic E-state index is 13.3. The lowest BCUT2D eigenvalue weighted by Crippen LogP contribution is -2.35. The Morgan fingerprint density at radius 3 is 0.845 bits per heavy atom. The standard InChI is InChI=1S/C64H82N4O16/c69-61(65-25-21-63(71)67-51-57-13-3-1-9-53(57)17-19-55-11-5-7-15-59(55)67)23-27-73-29-31-75-33-35-77-37-39-79-41-43-81-45-47-83-49-50-84-48-46-82-44-42-80-40-38-78-36-34-76-32-30-74-28-24-62(70)66-26-22-64(72)68-52-58-14-4-2-10-54(58)18-20-56-12-6-8-16-60(56)68/h1-16H,21-52H2,(H,65,69)(H,66,70). The Morgan fingerprint density at radius 1 is 0.310 bits per heavy atom. The molecule has 0 spiro atoms. The van der Waals surface area contributed by atoms with Crippen molar-refractivity contribution in [2.75, 3.05) is 181 Å². The average molecular weight is 1160 g/mol. The summed E-state index contributed by atoms with van der Waals surface area (Å²) in [4.78, 5) is 54.9. The highest BCUT2D eigenvalue weighted by atomic mass is 16.6. The monoisotopic (exact) mass is 1160 g/mol. The molecule has 84 heavy (non-hydrogen) atoms. The van der Waals surface area contributed by atoms with Gasteiger partial charge in [0.1, 0.15) is 0 Å². The second-order valence-corrected chi connectivity index (χ2v) is 18.9. The summed E-state index contributed by atoms with van der Waals surface area (Å²) >= 11 is 0. The topological polar surface area (TPSA) is 210 Å². The number of benzene rings is 4. The number of rotatable bonds is 45. The number of nitrogens with zero attached hydrogens (tertiary/aromatic N) is 2. The van der Waals surface area contributed by atoms with Crippen molar-refractivity contribution in [3.05, 3.63) is 130 Å². The van der Waals surface area contributed by atoms with Crippen molar-refractivity contribution in [3.63, 3.8) is 0 Å². The van der Waals surface area contributed by atoms with Gasteiger partial charge < -0.3 is 77.3 Å². The van der Waals surface area contributed by atoms with Crippen LogP contribution in [0, 0.1) is 23.7 Å². The fourth-order valence-corrected chi connectivity index (χ4v) is 8.33. The molecular weight excluding hydrogens is 1080 g/mol. The highest BCUT2D eigenvalue weighted by Gasteiger charge is 2.23. The molecule has 0 atom stereocenters. The molecule has 2 aliphatic heterocycles. The molecule has 0 aliphatic carbocycles. The van der Waals surface area contributed by atoms with E-state index in [1.165, 1.54) is 0 Å². The second-order valence-electron chi connectivity index (χ2n) is 18.9. The third kappa shape index (κ3) is 27.0. The van der Waals surface area contributed by atoms with Gasteiger partial charge in [-0.05, 0) is 47.5 Å². The first kappa shape index (κ1) is 66.5. The number of hydrogen-bond acceptors (Lipinski definition) is 16. The summed E-state index contributed by atoms with van der Waals surface area (Å²) in [5.41, 5.74) is 6.88. The van der Waals surface area contributed by atoms with Crippen LogP contribution in [0.2, 0.25) is 0 Å². The first-order valence-electron chi connectivity index (χ1n) is 28.9. The van der Waals surface area contributed by atoms with Gasteiger partial charge in [0.05, 0.1) is 183 Å².